The number of hydrogen-bond acceptors (Lipinski definition) is 4. The van der Waals surface area contributed by atoms with Crippen LogP contribution in [-0.2, 0) is 0 Å². The van der Waals surface area contributed by atoms with Gasteiger partial charge in [0.2, 0.25) is 0 Å². The Bertz CT molecular complexity index is 567. The molecule has 0 bridgehead atoms. The maximum atomic E-state index is 11.5. The summed E-state index contributed by atoms with van der Waals surface area (Å²) in [6.07, 6.45) is 7.62. The Hall–Kier alpha value is -0.160. The van der Waals surface area contributed by atoms with Crippen LogP contribution in [0.5, 0.6) is 0 Å². The largest absolute Gasteiger partial charge is 0.396 e. The third kappa shape index (κ3) is 3.01. The van der Waals surface area contributed by atoms with E-state index in [9.17, 15) is 20.4 Å². The Morgan fingerprint density at radius 2 is 1.71 bits per heavy atom. The Kier molecular flexibility index (Phi) is 5.66. The van der Waals surface area contributed by atoms with Gasteiger partial charge in [-0.2, -0.15) is 0 Å². The lowest BCUT2D eigenvalue weighted by molar-refractivity contribution is -0.207. The maximum absolute atomic E-state index is 11.5. The van der Waals surface area contributed by atoms with Gasteiger partial charge in [-0.1, -0.05) is 20.8 Å². The van der Waals surface area contributed by atoms with Gasteiger partial charge in [0, 0.05) is 6.61 Å². The molecule has 4 heteroatoms. The van der Waals surface area contributed by atoms with Gasteiger partial charge in [0.05, 0.1) is 18.3 Å². The van der Waals surface area contributed by atoms with Crippen molar-refractivity contribution in [3.63, 3.8) is 0 Å². The van der Waals surface area contributed by atoms with Crippen LogP contribution in [0.25, 0.3) is 0 Å². The zero-order chi connectivity index (χ0) is 20.3. The van der Waals surface area contributed by atoms with E-state index in [1.54, 1.807) is 0 Å². The third-order valence-corrected chi connectivity index (χ3v) is 10.3. The van der Waals surface area contributed by atoms with Gasteiger partial charge in [0.25, 0.3) is 0 Å². The molecule has 4 nitrogen and oxygen atoms in total. The van der Waals surface area contributed by atoms with Crippen LogP contribution in [0.1, 0.15) is 78.6 Å². The summed E-state index contributed by atoms with van der Waals surface area (Å²) in [7, 11) is 0. The van der Waals surface area contributed by atoms with E-state index in [1.165, 1.54) is 0 Å². The van der Waals surface area contributed by atoms with Crippen molar-refractivity contribution in [2.75, 3.05) is 6.61 Å². The summed E-state index contributed by atoms with van der Waals surface area (Å²) in [6.45, 7) is 7.23. The van der Waals surface area contributed by atoms with Crippen LogP contribution >= 0.6 is 0 Å². The molecule has 0 unspecified atom stereocenters. The molecule has 4 N–H and O–H groups in total. The zero-order valence-corrected chi connectivity index (χ0v) is 18.1. The van der Waals surface area contributed by atoms with Gasteiger partial charge in [-0.25, -0.2) is 0 Å². The molecule has 28 heavy (non-hydrogen) atoms. The van der Waals surface area contributed by atoms with Crippen LogP contribution in [0.2, 0.25) is 0 Å². The molecule has 162 valence electrons. The zero-order valence-electron chi connectivity index (χ0n) is 18.1. The molecule has 0 aromatic rings. The molecule has 0 aromatic heterocycles. The molecule has 4 saturated carbocycles. The first-order valence-electron chi connectivity index (χ1n) is 11.9. The van der Waals surface area contributed by atoms with E-state index in [2.05, 4.69) is 20.8 Å². The van der Waals surface area contributed by atoms with Gasteiger partial charge in [0.15, 0.2) is 0 Å². The first-order chi connectivity index (χ1) is 13.2. The molecular formula is C24H42O4. The monoisotopic (exact) mass is 394 g/mol. The first-order valence-corrected chi connectivity index (χ1v) is 11.9. The number of aliphatic hydroxyl groups is 4. The van der Waals surface area contributed by atoms with Crippen molar-refractivity contribution in [3.05, 3.63) is 0 Å². The van der Waals surface area contributed by atoms with Crippen molar-refractivity contribution < 1.29 is 20.4 Å². The lowest BCUT2D eigenvalue weighted by Crippen LogP contribution is -2.62. The summed E-state index contributed by atoms with van der Waals surface area (Å²) in [5, 5.41) is 42.2. The summed E-state index contributed by atoms with van der Waals surface area (Å²) in [5.74, 6) is 2.41. The lowest BCUT2D eigenvalue weighted by atomic mass is 9.43. The van der Waals surface area contributed by atoms with E-state index in [-0.39, 0.29) is 35.7 Å². The fourth-order valence-electron chi connectivity index (χ4n) is 8.75. The van der Waals surface area contributed by atoms with Crippen molar-refractivity contribution in [2.45, 2.75) is 96.9 Å². The second-order valence-electron chi connectivity index (χ2n) is 11.4. The van der Waals surface area contributed by atoms with Gasteiger partial charge < -0.3 is 20.4 Å². The molecule has 0 radical (unpaired) electrons. The maximum Gasteiger partial charge on any atom is 0.0602 e. The molecule has 0 heterocycles. The first kappa shape index (κ1) is 21.1. The minimum atomic E-state index is -0.308. The van der Waals surface area contributed by atoms with E-state index in [4.69, 9.17) is 0 Å². The van der Waals surface area contributed by atoms with Gasteiger partial charge in [-0.3, -0.25) is 0 Å². The average molecular weight is 395 g/mol. The van der Waals surface area contributed by atoms with E-state index >= 15 is 0 Å². The van der Waals surface area contributed by atoms with Crippen molar-refractivity contribution in [1.29, 1.82) is 0 Å². The number of rotatable bonds is 4. The third-order valence-electron chi connectivity index (χ3n) is 10.3. The Balaban J connectivity index is 1.62. The number of aliphatic hydroxyl groups excluding tert-OH is 4. The van der Waals surface area contributed by atoms with Crippen LogP contribution in [0.3, 0.4) is 0 Å². The highest BCUT2D eigenvalue weighted by atomic mass is 16.3. The minimum absolute atomic E-state index is 0.117. The number of fused-ring (bicyclic) bond motifs is 5. The Labute approximate surface area is 170 Å². The predicted octanol–water partition coefficient (Wildman–Crippen LogP) is 3.36. The van der Waals surface area contributed by atoms with Gasteiger partial charge in [-0.15, -0.1) is 0 Å². The molecular weight excluding hydrogens is 352 g/mol. The molecule has 0 aromatic carbocycles. The van der Waals surface area contributed by atoms with Gasteiger partial charge >= 0.3 is 0 Å². The summed E-state index contributed by atoms with van der Waals surface area (Å²) >= 11 is 0. The highest BCUT2D eigenvalue weighted by Crippen LogP contribution is 2.68. The molecule has 0 aliphatic heterocycles. The second kappa shape index (κ2) is 7.51. The minimum Gasteiger partial charge on any atom is -0.396 e. The molecule has 11 atom stereocenters. The number of hydrogen-bond donors (Lipinski definition) is 4. The van der Waals surface area contributed by atoms with E-state index < -0.39 is 0 Å². The van der Waals surface area contributed by atoms with E-state index in [0.29, 0.717) is 35.5 Å². The summed E-state index contributed by atoms with van der Waals surface area (Å²) in [6, 6.07) is 0. The standard InChI is InChI=1S/C24H42O4/c1-14(5-4-10-25)17-6-7-18-22-19(13-21(28)24(17,18)3)23(2)9-8-16(26)11-15(23)12-20(22)27/h14-22,25-28H,4-13H2,1-3H3/t14-,15-,16-,17-,18+,19+,20-,21+,22+,23+,24-/m1/s1. The highest BCUT2D eigenvalue weighted by Gasteiger charge is 2.65. The van der Waals surface area contributed by atoms with Crippen molar-refractivity contribution >= 4 is 0 Å². The van der Waals surface area contributed by atoms with Gasteiger partial charge in [-0.05, 0) is 104 Å². The van der Waals surface area contributed by atoms with Crippen LogP contribution < -0.4 is 0 Å². The van der Waals surface area contributed by atoms with E-state index in [0.717, 1.165) is 57.8 Å². The summed E-state index contributed by atoms with van der Waals surface area (Å²) in [5.41, 5.74) is 0.0282. The molecule has 4 fully saturated rings. The lowest BCUT2D eigenvalue weighted by Gasteiger charge is -2.63. The predicted molar refractivity (Wildman–Crippen MR) is 109 cm³/mol. The SMILES string of the molecule is C[C@H](CCCO)[C@H]1CC[C@H]2[C@@H]3[C@H](O)C[C@H]4C[C@H](O)CC[C@]4(C)[C@H]3C[C@H](O)[C@]12C. The van der Waals surface area contributed by atoms with Crippen LogP contribution in [0.4, 0.5) is 0 Å². The molecule has 4 aliphatic carbocycles. The van der Waals surface area contributed by atoms with Gasteiger partial charge in [0.1, 0.15) is 0 Å². The smallest absolute Gasteiger partial charge is 0.0602 e. The molecule has 4 rings (SSSR count). The van der Waals surface area contributed by atoms with Crippen LogP contribution in [0.15, 0.2) is 0 Å². The van der Waals surface area contributed by atoms with Crippen molar-refractivity contribution in [1.82, 2.24) is 0 Å². The molecule has 0 spiro atoms. The van der Waals surface area contributed by atoms with Crippen molar-refractivity contribution in [3.8, 4) is 0 Å². The fourth-order valence-corrected chi connectivity index (χ4v) is 8.75. The fraction of sp³-hybridized carbons (Fsp3) is 1.00. The molecule has 4 aliphatic rings. The van der Waals surface area contributed by atoms with E-state index in [1.807, 2.05) is 0 Å². The second-order valence-corrected chi connectivity index (χ2v) is 11.4. The Morgan fingerprint density at radius 1 is 0.964 bits per heavy atom. The quantitative estimate of drug-likeness (QED) is 0.589. The molecule has 0 saturated heterocycles. The van der Waals surface area contributed by atoms with Crippen molar-refractivity contribution in [2.24, 2.45) is 46.3 Å². The summed E-state index contributed by atoms with van der Waals surface area (Å²) < 4.78 is 0. The summed E-state index contributed by atoms with van der Waals surface area (Å²) in [4.78, 5) is 0. The molecule has 0 amide bonds. The van der Waals surface area contributed by atoms with Crippen LogP contribution in [0, 0.1) is 46.3 Å². The topological polar surface area (TPSA) is 80.9 Å². The average Bonchev–Trinajstić information content (AvgIpc) is 3.01. The highest BCUT2D eigenvalue weighted by molar-refractivity contribution is 5.14. The normalized spacial score (nSPS) is 54.5. The Morgan fingerprint density at radius 3 is 2.43 bits per heavy atom. The van der Waals surface area contributed by atoms with Crippen LogP contribution in [-0.4, -0.2) is 45.3 Å².